The number of nitrogens with zero attached hydrogens (tertiary/aromatic N) is 1. The second kappa shape index (κ2) is 14.3. The van der Waals surface area contributed by atoms with E-state index < -0.39 is 30.9 Å². The maximum Gasteiger partial charge on any atom is 0.422 e. The van der Waals surface area contributed by atoms with Crippen LogP contribution in [0.3, 0.4) is 0 Å². The van der Waals surface area contributed by atoms with E-state index in [1.165, 1.54) is 12.1 Å². The van der Waals surface area contributed by atoms with Gasteiger partial charge in [0.1, 0.15) is 18.2 Å². The molecule has 0 spiro atoms. The normalized spacial score (nSPS) is 12.1. The maximum atomic E-state index is 13.0. The smallest absolute Gasteiger partial charge is 0.422 e. The molecule has 0 radical (unpaired) electrons. The van der Waals surface area contributed by atoms with E-state index in [1.54, 1.807) is 43.3 Å². The van der Waals surface area contributed by atoms with Crippen LogP contribution in [0.5, 0.6) is 5.75 Å². The van der Waals surface area contributed by atoms with Gasteiger partial charge in [-0.05, 0) is 55.2 Å². The summed E-state index contributed by atoms with van der Waals surface area (Å²) in [7, 11) is 0. The molecule has 1 N–H and O–H groups in total. The highest BCUT2D eigenvalue weighted by Gasteiger charge is 2.30. The number of aryl methyl sites for hydroxylation is 1. The van der Waals surface area contributed by atoms with Gasteiger partial charge in [0.05, 0.1) is 6.54 Å². The molecule has 1 unspecified atom stereocenters. The van der Waals surface area contributed by atoms with Crippen molar-refractivity contribution in [3.63, 3.8) is 0 Å². The topological polar surface area (TPSA) is 85.3 Å². The summed E-state index contributed by atoms with van der Waals surface area (Å²) >= 11 is 0. The van der Waals surface area contributed by atoms with Crippen LogP contribution in [0.1, 0.15) is 24.5 Å². The van der Waals surface area contributed by atoms with Crippen molar-refractivity contribution in [2.24, 2.45) is 0 Å². The van der Waals surface area contributed by atoms with Crippen molar-refractivity contribution in [2.45, 2.75) is 38.5 Å². The summed E-state index contributed by atoms with van der Waals surface area (Å²) in [5, 5.41) is 9.18. The van der Waals surface area contributed by atoms with Gasteiger partial charge in [0.15, 0.2) is 12.7 Å². The van der Waals surface area contributed by atoms with Gasteiger partial charge in [-0.3, -0.25) is 0 Å². The maximum absolute atomic E-state index is 13.0. The van der Waals surface area contributed by atoms with Crippen LogP contribution in [0.15, 0.2) is 48.5 Å². The number of amides is 1. The molecule has 0 fully saturated rings. The summed E-state index contributed by atoms with van der Waals surface area (Å²) in [5.74, 6) is -0.997. The highest BCUT2D eigenvalue weighted by molar-refractivity contribution is 5.72. The third-order valence-electron chi connectivity index (χ3n) is 5.04. The van der Waals surface area contributed by atoms with Crippen molar-refractivity contribution in [2.75, 3.05) is 32.9 Å². The summed E-state index contributed by atoms with van der Waals surface area (Å²) < 4.78 is 65.6. The van der Waals surface area contributed by atoms with Crippen molar-refractivity contribution in [1.82, 2.24) is 4.90 Å². The van der Waals surface area contributed by atoms with Gasteiger partial charge in [0.25, 0.3) is 0 Å². The Kier molecular flexibility index (Phi) is 11.5. The molecule has 0 aliphatic heterocycles. The predicted octanol–water partition coefficient (Wildman–Crippen LogP) is 4.87. The summed E-state index contributed by atoms with van der Waals surface area (Å²) in [5.41, 5.74) is 1.55. The van der Waals surface area contributed by atoms with E-state index >= 15 is 0 Å². The van der Waals surface area contributed by atoms with Crippen LogP contribution in [0.2, 0.25) is 0 Å². The molecule has 7 nitrogen and oxygen atoms in total. The van der Waals surface area contributed by atoms with Crippen LogP contribution in [0, 0.1) is 5.82 Å². The van der Waals surface area contributed by atoms with Gasteiger partial charge in [0.2, 0.25) is 0 Å². The number of halogens is 4. The largest absolute Gasteiger partial charge is 0.492 e. The van der Waals surface area contributed by atoms with Gasteiger partial charge in [-0.25, -0.2) is 14.0 Å². The van der Waals surface area contributed by atoms with Gasteiger partial charge in [0, 0.05) is 19.6 Å². The molecule has 0 heterocycles. The number of carbonyl (C=O) groups excluding carboxylic acids is 1. The first-order valence-electron chi connectivity index (χ1n) is 11.4. The van der Waals surface area contributed by atoms with Crippen LogP contribution in [-0.2, 0) is 27.1 Å². The van der Waals surface area contributed by atoms with Gasteiger partial charge >= 0.3 is 18.2 Å². The molecule has 0 saturated carbocycles. The zero-order valence-electron chi connectivity index (χ0n) is 19.8. The number of carbonyl (C=O) groups is 2. The number of carboxylic acids is 1. The molecule has 11 heteroatoms. The lowest BCUT2D eigenvalue weighted by Gasteiger charge is -2.22. The van der Waals surface area contributed by atoms with E-state index in [2.05, 4.69) is 4.74 Å². The van der Waals surface area contributed by atoms with Crippen LogP contribution in [0.25, 0.3) is 0 Å². The minimum atomic E-state index is -4.64. The Labute approximate surface area is 206 Å². The first kappa shape index (κ1) is 28.9. The monoisotopic (exact) mass is 515 g/mol. The van der Waals surface area contributed by atoms with Crippen LogP contribution < -0.4 is 4.74 Å². The molecule has 2 aromatic carbocycles. The molecule has 0 bridgehead atoms. The minimum absolute atomic E-state index is 0.00624. The van der Waals surface area contributed by atoms with Gasteiger partial charge in [-0.1, -0.05) is 24.3 Å². The second-order valence-electron chi connectivity index (χ2n) is 7.87. The zero-order chi connectivity index (χ0) is 26.6. The Morgan fingerprint density at radius 3 is 2.22 bits per heavy atom. The van der Waals surface area contributed by atoms with Crippen molar-refractivity contribution in [1.29, 1.82) is 0 Å². The first-order chi connectivity index (χ1) is 17.1. The fourth-order valence-electron chi connectivity index (χ4n) is 3.28. The molecule has 0 aromatic heterocycles. The molecule has 1 amide bonds. The molecule has 2 rings (SSSR count). The van der Waals surface area contributed by atoms with Crippen molar-refractivity contribution < 1.29 is 46.5 Å². The fraction of sp³-hybridized carbons (Fsp3) is 0.440. The van der Waals surface area contributed by atoms with Crippen molar-refractivity contribution in [3.05, 3.63) is 65.5 Å². The van der Waals surface area contributed by atoms with E-state index in [0.717, 1.165) is 16.0 Å². The highest BCUT2D eigenvalue weighted by atomic mass is 19.4. The number of benzene rings is 2. The SMILES string of the molecule is CCOC(Cc1ccc(OCCN(CCCc2ccc(F)cc2)C(=O)OCC(F)(F)F)cc1)C(=O)O. The number of hydrogen-bond acceptors (Lipinski definition) is 5. The Hall–Kier alpha value is -3.34. The van der Waals surface area contributed by atoms with Gasteiger partial charge in [-0.15, -0.1) is 0 Å². The molecule has 0 saturated heterocycles. The Bertz CT molecular complexity index is 951. The molecule has 0 aliphatic rings. The van der Waals surface area contributed by atoms with Gasteiger partial charge < -0.3 is 24.2 Å². The Morgan fingerprint density at radius 2 is 1.64 bits per heavy atom. The number of rotatable bonds is 14. The summed E-state index contributed by atoms with van der Waals surface area (Å²) in [4.78, 5) is 24.6. The number of carboxylic acid groups (broad SMARTS) is 1. The Balaban J connectivity index is 1.89. The third kappa shape index (κ3) is 10.9. The molecule has 1 atom stereocenters. The van der Waals surface area contributed by atoms with E-state index in [0.29, 0.717) is 18.6 Å². The highest BCUT2D eigenvalue weighted by Crippen LogP contribution is 2.17. The molecule has 198 valence electrons. The lowest BCUT2D eigenvalue weighted by molar-refractivity contribution is -0.162. The van der Waals surface area contributed by atoms with Gasteiger partial charge in [-0.2, -0.15) is 13.2 Å². The van der Waals surface area contributed by atoms with Crippen LogP contribution >= 0.6 is 0 Å². The summed E-state index contributed by atoms with van der Waals surface area (Å²) in [6.07, 6.45) is -5.63. The average molecular weight is 516 g/mol. The second-order valence-corrected chi connectivity index (χ2v) is 7.87. The molecular weight excluding hydrogens is 486 g/mol. The lowest BCUT2D eigenvalue weighted by Crippen LogP contribution is -2.37. The van der Waals surface area contributed by atoms with E-state index in [9.17, 15) is 32.3 Å². The predicted molar refractivity (Wildman–Crippen MR) is 122 cm³/mol. The van der Waals surface area contributed by atoms with Crippen molar-refractivity contribution in [3.8, 4) is 5.75 Å². The summed E-state index contributed by atoms with van der Waals surface area (Å²) in [6.45, 7) is 0.370. The molecular formula is C25H29F4NO6. The summed E-state index contributed by atoms with van der Waals surface area (Å²) in [6, 6.07) is 12.4. The lowest BCUT2D eigenvalue weighted by atomic mass is 10.1. The standard InChI is InChI=1S/C25H29F4NO6/c1-2-34-22(23(31)32)16-19-7-11-21(12-8-19)35-15-14-30(24(33)36-17-25(27,28)29)13-3-4-18-5-9-20(26)10-6-18/h5-12,22H,2-4,13-17H2,1H3,(H,31,32). The number of alkyl halides is 3. The van der Waals surface area contributed by atoms with E-state index in [1.807, 2.05) is 0 Å². The Morgan fingerprint density at radius 1 is 1.00 bits per heavy atom. The average Bonchev–Trinajstić information content (AvgIpc) is 2.83. The number of aliphatic carboxylic acids is 1. The molecule has 36 heavy (non-hydrogen) atoms. The fourth-order valence-corrected chi connectivity index (χ4v) is 3.28. The quantitative estimate of drug-likeness (QED) is 0.362. The van der Waals surface area contributed by atoms with Crippen molar-refractivity contribution >= 4 is 12.1 Å². The number of ether oxygens (including phenoxy) is 3. The minimum Gasteiger partial charge on any atom is -0.492 e. The van der Waals surface area contributed by atoms with E-state index in [-0.39, 0.29) is 38.5 Å². The first-order valence-corrected chi connectivity index (χ1v) is 11.4. The zero-order valence-corrected chi connectivity index (χ0v) is 19.8. The third-order valence-corrected chi connectivity index (χ3v) is 5.04. The number of hydrogen-bond donors (Lipinski definition) is 1. The van der Waals surface area contributed by atoms with E-state index in [4.69, 9.17) is 9.47 Å². The van der Waals surface area contributed by atoms with Crippen LogP contribution in [0.4, 0.5) is 22.4 Å². The molecule has 0 aliphatic carbocycles. The van der Waals surface area contributed by atoms with Crippen LogP contribution in [-0.4, -0.2) is 67.3 Å². The molecule has 2 aromatic rings.